The molecule has 0 bridgehead atoms. The van der Waals surface area contributed by atoms with Gasteiger partial charge < -0.3 is 9.72 Å². The third-order valence-electron chi connectivity index (χ3n) is 5.29. The normalized spacial score (nSPS) is 11.0. The van der Waals surface area contributed by atoms with Crippen molar-refractivity contribution < 1.29 is 18.3 Å². The molecule has 5 nitrogen and oxygen atoms in total. The molecule has 0 saturated heterocycles. The Morgan fingerprint density at radius 3 is 2.61 bits per heavy atom. The van der Waals surface area contributed by atoms with Crippen molar-refractivity contribution in [1.29, 1.82) is 0 Å². The van der Waals surface area contributed by atoms with Crippen molar-refractivity contribution >= 4 is 16.8 Å². The van der Waals surface area contributed by atoms with E-state index in [1.807, 2.05) is 36.4 Å². The molecule has 0 amide bonds. The van der Waals surface area contributed by atoms with Gasteiger partial charge in [0, 0.05) is 46.9 Å². The van der Waals surface area contributed by atoms with E-state index in [1.54, 1.807) is 30.7 Å². The highest BCUT2D eigenvalue weighted by atomic mass is 19.1. The predicted octanol–water partition coefficient (Wildman–Crippen LogP) is 5.71. The maximum Gasteiger partial charge on any atom is 0.201 e. The largest absolute Gasteiger partial charge is 0.486 e. The number of carbonyl (C=O) groups is 1. The number of aromatic amines is 1. The van der Waals surface area contributed by atoms with Crippen molar-refractivity contribution in [3.05, 3.63) is 114 Å². The minimum atomic E-state index is -1.04. The Morgan fingerprint density at radius 1 is 0.970 bits per heavy atom. The lowest BCUT2D eigenvalue weighted by Gasteiger charge is -2.11. The number of ketones is 1. The topological polar surface area (TPSA) is 67.9 Å². The lowest BCUT2D eigenvalue weighted by atomic mass is 10.0. The average Bonchev–Trinajstić information content (AvgIpc) is 3.28. The van der Waals surface area contributed by atoms with Gasteiger partial charge in [-0.2, -0.15) is 0 Å². The molecule has 0 spiro atoms. The Hall–Kier alpha value is -4.39. The summed E-state index contributed by atoms with van der Waals surface area (Å²) in [6, 6.07) is 16.8. The number of benzene rings is 2. The maximum absolute atomic E-state index is 15.2. The van der Waals surface area contributed by atoms with E-state index in [4.69, 9.17) is 4.74 Å². The number of hydrogen-bond acceptors (Lipinski definition) is 4. The number of pyridine rings is 2. The fourth-order valence-electron chi connectivity index (χ4n) is 3.61. The zero-order valence-corrected chi connectivity index (χ0v) is 17.3. The van der Waals surface area contributed by atoms with Crippen LogP contribution in [0.25, 0.3) is 22.2 Å². The van der Waals surface area contributed by atoms with Crippen LogP contribution in [0, 0.1) is 11.6 Å². The third kappa shape index (κ3) is 3.96. The summed E-state index contributed by atoms with van der Waals surface area (Å²) in [5, 5.41) is 0.454. The molecule has 0 aliphatic heterocycles. The van der Waals surface area contributed by atoms with Gasteiger partial charge in [-0.25, -0.2) is 13.8 Å². The van der Waals surface area contributed by atoms with Gasteiger partial charge in [0.2, 0.25) is 5.78 Å². The van der Waals surface area contributed by atoms with Gasteiger partial charge in [-0.15, -0.1) is 0 Å². The second-order valence-corrected chi connectivity index (χ2v) is 7.40. The van der Waals surface area contributed by atoms with Gasteiger partial charge in [-0.1, -0.05) is 36.4 Å². The number of H-pyrrole nitrogens is 1. The molecule has 0 saturated carbocycles. The van der Waals surface area contributed by atoms with E-state index in [0.717, 1.165) is 22.8 Å². The number of halogens is 2. The molecule has 3 aromatic heterocycles. The van der Waals surface area contributed by atoms with E-state index in [2.05, 4.69) is 15.0 Å². The highest BCUT2D eigenvalue weighted by molar-refractivity contribution is 6.16. The first kappa shape index (κ1) is 20.5. The summed E-state index contributed by atoms with van der Waals surface area (Å²) in [5.41, 5.74) is 2.22. The quantitative estimate of drug-likeness (QED) is 0.343. The number of carbonyl (C=O) groups excluding carboxylic acids is 1. The molecular weight excluding hydrogens is 424 g/mol. The van der Waals surface area contributed by atoms with Crippen molar-refractivity contribution in [2.45, 2.75) is 6.61 Å². The standard InChI is InChI=1S/C26H17F2N3O2/c27-21-8-9-22(33-15-16-5-2-1-3-6-16)24(28)23(21)25(32)20-14-31-26-19(20)11-18(13-30-26)17-7-4-10-29-12-17/h1-14H,15H2,(H,30,31). The predicted molar refractivity (Wildman–Crippen MR) is 120 cm³/mol. The first-order chi connectivity index (χ1) is 16.1. The molecule has 2 aromatic carbocycles. The molecule has 5 aromatic rings. The number of hydrogen-bond donors (Lipinski definition) is 1. The second-order valence-electron chi connectivity index (χ2n) is 7.40. The molecule has 7 heteroatoms. The van der Waals surface area contributed by atoms with E-state index < -0.39 is 23.0 Å². The summed E-state index contributed by atoms with van der Waals surface area (Å²) in [4.78, 5) is 24.6. The zero-order chi connectivity index (χ0) is 22.8. The van der Waals surface area contributed by atoms with Gasteiger partial charge in [0.1, 0.15) is 18.1 Å². The summed E-state index contributed by atoms with van der Waals surface area (Å²) in [6.45, 7) is 0.0858. The second kappa shape index (κ2) is 8.63. The highest BCUT2D eigenvalue weighted by Crippen LogP contribution is 2.30. The fraction of sp³-hybridized carbons (Fsp3) is 0.0385. The third-order valence-corrected chi connectivity index (χ3v) is 5.29. The van der Waals surface area contributed by atoms with Crippen molar-refractivity contribution in [1.82, 2.24) is 15.0 Å². The number of nitrogens with zero attached hydrogens (tertiary/aromatic N) is 2. The summed E-state index contributed by atoms with van der Waals surface area (Å²) in [7, 11) is 0. The number of aromatic nitrogens is 3. The van der Waals surface area contributed by atoms with Gasteiger partial charge in [0.25, 0.3) is 0 Å². The Bertz CT molecular complexity index is 1450. The number of rotatable bonds is 6. The van der Waals surface area contributed by atoms with Crippen LogP contribution in [0.2, 0.25) is 0 Å². The molecule has 0 aliphatic carbocycles. The maximum atomic E-state index is 15.2. The van der Waals surface area contributed by atoms with Gasteiger partial charge in [0.05, 0.1) is 5.56 Å². The van der Waals surface area contributed by atoms with Crippen molar-refractivity contribution in [2.24, 2.45) is 0 Å². The number of fused-ring (bicyclic) bond motifs is 1. The van der Waals surface area contributed by atoms with Crippen LogP contribution in [0.1, 0.15) is 21.5 Å². The number of ether oxygens (including phenoxy) is 1. The molecule has 0 aliphatic rings. The monoisotopic (exact) mass is 441 g/mol. The Balaban J connectivity index is 1.51. The molecule has 0 radical (unpaired) electrons. The van der Waals surface area contributed by atoms with Crippen LogP contribution < -0.4 is 4.74 Å². The van der Waals surface area contributed by atoms with Gasteiger partial charge >= 0.3 is 0 Å². The summed E-state index contributed by atoms with van der Waals surface area (Å²) < 4.78 is 35.4. The fourth-order valence-corrected chi connectivity index (χ4v) is 3.61. The van der Waals surface area contributed by atoms with E-state index >= 15 is 4.39 Å². The molecule has 33 heavy (non-hydrogen) atoms. The van der Waals surface area contributed by atoms with E-state index in [9.17, 15) is 9.18 Å². The molecule has 0 fully saturated rings. The first-order valence-electron chi connectivity index (χ1n) is 10.2. The molecule has 0 unspecified atom stereocenters. The van der Waals surface area contributed by atoms with Crippen LogP contribution in [0.5, 0.6) is 5.75 Å². The Labute approximate surface area is 187 Å². The molecule has 3 heterocycles. The van der Waals surface area contributed by atoms with Crippen molar-refractivity contribution in [2.75, 3.05) is 0 Å². The Morgan fingerprint density at radius 2 is 1.82 bits per heavy atom. The zero-order valence-electron chi connectivity index (χ0n) is 17.3. The summed E-state index contributed by atoms with van der Waals surface area (Å²) >= 11 is 0. The van der Waals surface area contributed by atoms with Crippen LogP contribution in [0.3, 0.4) is 0 Å². The van der Waals surface area contributed by atoms with Crippen LogP contribution in [0.15, 0.2) is 85.5 Å². The Kier molecular flexibility index (Phi) is 5.36. The van der Waals surface area contributed by atoms with Gasteiger partial charge in [0.15, 0.2) is 11.6 Å². The van der Waals surface area contributed by atoms with Crippen LogP contribution in [0.4, 0.5) is 8.78 Å². The highest BCUT2D eigenvalue weighted by Gasteiger charge is 2.25. The minimum Gasteiger partial charge on any atom is -0.486 e. The minimum absolute atomic E-state index is 0.0858. The van der Waals surface area contributed by atoms with Crippen LogP contribution in [-0.2, 0) is 6.61 Å². The summed E-state index contributed by atoms with van der Waals surface area (Å²) in [6.07, 6.45) is 6.37. The van der Waals surface area contributed by atoms with E-state index in [1.165, 1.54) is 12.3 Å². The lowest BCUT2D eigenvalue weighted by molar-refractivity contribution is 0.103. The first-order valence-corrected chi connectivity index (χ1v) is 10.2. The van der Waals surface area contributed by atoms with Gasteiger partial charge in [-0.05, 0) is 29.8 Å². The van der Waals surface area contributed by atoms with E-state index in [0.29, 0.717) is 11.0 Å². The van der Waals surface area contributed by atoms with Crippen LogP contribution >= 0.6 is 0 Å². The summed E-state index contributed by atoms with van der Waals surface area (Å²) in [5.74, 6) is -3.00. The molecular formula is C26H17F2N3O2. The van der Waals surface area contributed by atoms with Crippen LogP contribution in [-0.4, -0.2) is 20.7 Å². The van der Waals surface area contributed by atoms with E-state index in [-0.39, 0.29) is 17.9 Å². The molecule has 162 valence electrons. The van der Waals surface area contributed by atoms with Crippen molar-refractivity contribution in [3.8, 4) is 16.9 Å². The lowest BCUT2D eigenvalue weighted by Crippen LogP contribution is -2.09. The average molecular weight is 441 g/mol. The molecule has 0 atom stereocenters. The smallest absolute Gasteiger partial charge is 0.201 e. The SMILES string of the molecule is O=C(c1c(F)ccc(OCc2ccccc2)c1F)c1c[nH]c2ncc(-c3cccnc3)cc12. The number of nitrogens with one attached hydrogen (secondary N) is 1. The van der Waals surface area contributed by atoms with Crippen molar-refractivity contribution in [3.63, 3.8) is 0 Å². The molecule has 5 rings (SSSR count). The molecule has 1 N–H and O–H groups in total. The van der Waals surface area contributed by atoms with Gasteiger partial charge in [-0.3, -0.25) is 9.78 Å².